The summed E-state index contributed by atoms with van der Waals surface area (Å²) in [6.07, 6.45) is -4.77. The van der Waals surface area contributed by atoms with Gasteiger partial charge in [0.2, 0.25) is 0 Å². The summed E-state index contributed by atoms with van der Waals surface area (Å²) >= 11 is 0. The molecule has 0 fully saturated rings. The average Bonchev–Trinajstić information content (AvgIpc) is 3.03. The number of carboxylic acids is 1. The third kappa shape index (κ3) is 2.56. The van der Waals surface area contributed by atoms with E-state index in [4.69, 9.17) is 5.11 Å². The first-order valence-corrected chi connectivity index (χ1v) is 9.05. The number of benzene rings is 3. The highest BCUT2D eigenvalue weighted by Gasteiger charge is 2.34. The molecule has 0 aliphatic heterocycles. The Kier molecular flexibility index (Phi) is 3.76. The number of rotatable bonds is 2. The van der Waals surface area contributed by atoms with Crippen molar-refractivity contribution in [3.63, 3.8) is 0 Å². The van der Waals surface area contributed by atoms with Crippen LogP contribution in [0.1, 0.15) is 15.9 Å². The molecular formula is C22H11F3N2O4. The van der Waals surface area contributed by atoms with Gasteiger partial charge in [0.15, 0.2) is 0 Å². The fraction of sp³-hybridized carbons (Fsp3) is 0.0455. The molecule has 9 heteroatoms. The molecule has 154 valence electrons. The number of imidazole rings is 1. The molecule has 0 radical (unpaired) electrons. The second-order valence-corrected chi connectivity index (χ2v) is 7.01. The van der Waals surface area contributed by atoms with Crippen LogP contribution in [0.25, 0.3) is 32.9 Å². The highest BCUT2D eigenvalue weighted by atomic mass is 19.4. The Labute approximate surface area is 170 Å². The van der Waals surface area contributed by atoms with Crippen molar-refractivity contribution in [2.24, 2.45) is 0 Å². The summed E-state index contributed by atoms with van der Waals surface area (Å²) in [5, 5.41) is 8.93. The van der Waals surface area contributed by atoms with E-state index in [0.717, 1.165) is 10.5 Å². The highest BCUT2D eigenvalue weighted by Crippen LogP contribution is 2.36. The third-order valence-corrected chi connectivity index (χ3v) is 5.31. The van der Waals surface area contributed by atoms with Crippen LogP contribution >= 0.6 is 0 Å². The molecule has 0 unspecified atom stereocenters. The van der Waals surface area contributed by atoms with E-state index in [0.29, 0.717) is 10.9 Å². The summed E-state index contributed by atoms with van der Waals surface area (Å²) in [4.78, 5) is 37.5. The van der Waals surface area contributed by atoms with Crippen LogP contribution in [0.15, 0.2) is 70.3 Å². The second-order valence-electron chi connectivity index (χ2n) is 7.01. The summed E-state index contributed by atoms with van der Waals surface area (Å²) in [6, 6.07) is 13.6. The van der Waals surface area contributed by atoms with Crippen molar-refractivity contribution in [2.75, 3.05) is 0 Å². The molecule has 0 saturated heterocycles. The monoisotopic (exact) mass is 424 g/mol. The van der Waals surface area contributed by atoms with Gasteiger partial charge in [0.1, 0.15) is 0 Å². The van der Waals surface area contributed by atoms with Gasteiger partial charge in [-0.25, -0.2) is 14.0 Å². The minimum atomic E-state index is -4.77. The van der Waals surface area contributed by atoms with Gasteiger partial charge >= 0.3 is 17.8 Å². The summed E-state index contributed by atoms with van der Waals surface area (Å²) in [5.41, 5.74) is -2.19. The number of hydrogen-bond acceptors (Lipinski definition) is 3. The first kappa shape index (κ1) is 18.9. The first-order valence-electron chi connectivity index (χ1n) is 9.05. The van der Waals surface area contributed by atoms with Crippen molar-refractivity contribution in [1.29, 1.82) is 0 Å². The van der Waals surface area contributed by atoms with E-state index in [9.17, 15) is 27.6 Å². The second kappa shape index (κ2) is 6.18. The van der Waals surface area contributed by atoms with Gasteiger partial charge < -0.3 is 5.11 Å². The van der Waals surface area contributed by atoms with Crippen LogP contribution in [0.4, 0.5) is 13.2 Å². The lowest BCUT2D eigenvalue weighted by molar-refractivity contribution is -0.136. The Bertz CT molecular complexity index is 1630. The fourth-order valence-corrected chi connectivity index (χ4v) is 4.01. The van der Waals surface area contributed by atoms with E-state index in [-0.39, 0.29) is 22.2 Å². The van der Waals surface area contributed by atoms with Crippen molar-refractivity contribution in [1.82, 2.24) is 8.97 Å². The Morgan fingerprint density at radius 1 is 0.871 bits per heavy atom. The number of hydrogen-bond donors (Lipinski definition) is 1. The normalized spacial score (nSPS) is 12.2. The molecule has 0 bridgehead atoms. The predicted molar refractivity (Wildman–Crippen MR) is 107 cm³/mol. The van der Waals surface area contributed by atoms with E-state index in [1.807, 2.05) is 0 Å². The molecule has 0 aliphatic carbocycles. The molecule has 2 heterocycles. The van der Waals surface area contributed by atoms with Gasteiger partial charge in [-0.15, -0.1) is 0 Å². The minimum absolute atomic E-state index is 0.00356. The molecule has 0 saturated carbocycles. The fourth-order valence-electron chi connectivity index (χ4n) is 4.01. The Morgan fingerprint density at radius 2 is 1.52 bits per heavy atom. The maximum absolute atomic E-state index is 13.6. The van der Waals surface area contributed by atoms with E-state index in [1.165, 1.54) is 41.0 Å². The van der Waals surface area contributed by atoms with Crippen molar-refractivity contribution in [2.45, 2.75) is 6.18 Å². The highest BCUT2D eigenvalue weighted by molar-refractivity contribution is 6.11. The summed E-state index contributed by atoms with van der Waals surface area (Å²) < 4.78 is 42.7. The average molecular weight is 424 g/mol. The summed E-state index contributed by atoms with van der Waals surface area (Å²) in [5.74, 6) is -1.15. The molecule has 1 N–H and O–H groups in total. The number of alkyl halides is 3. The molecule has 5 aromatic rings. The van der Waals surface area contributed by atoms with Crippen LogP contribution < -0.4 is 11.2 Å². The lowest BCUT2D eigenvalue weighted by atomic mass is 10.0. The van der Waals surface area contributed by atoms with Gasteiger partial charge in [-0.3, -0.25) is 9.36 Å². The molecule has 31 heavy (non-hydrogen) atoms. The van der Waals surface area contributed by atoms with Crippen molar-refractivity contribution in [3.05, 3.63) is 92.6 Å². The number of carboxylic acid groups (broad SMARTS) is 1. The van der Waals surface area contributed by atoms with Gasteiger partial charge in [0.05, 0.1) is 33.2 Å². The molecule has 2 aromatic heterocycles. The predicted octanol–water partition coefficient (Wildman–Crippen LogP) is 3.91. The number of para-hydroxylation sites is 1. The molecule has 0 atom stereocenters. The minimum Gasteiger partial charge on any atom is -0.478 e. The Morgan fingerprint density at radius 3 is 2.16 bits per heavy atom. The van der Waals surface area contributed by atoms with Crippen molar-refractivity contribution in [3.8, 4) is 5.69 Å². The molecule has 0 spiro atoms. The number of nitrogens with zero attached hydrogens (tertiary/aromatic N) is 2. The molecule has 6 nitrogen and oxygen atoms in total. The zero-order valence-electron chi connectivity index (χ0n) is 15.5. The number of fused-ring (bicyclic) bond motifs is 2. The van der Waals surface area contributed by atoms with Gasteiger partial charge in [0.25, 0.3) is 5.56 Å². The third-order valence-electron chi connectivity index (χ3n) is 5.31. The van der Waals surface area contributed by atoms with Crippen molar-refractivity contribution >= 4 is 33.2 Å². The van der Waals surface area contributed by atoms with Gasteiger partial charge in [-0.1, -0.05) is 24.3 Å². The van der Waals surface area contributed by atoms with E-state index >= 15 is 0 Å². The Balaban J connectivity index is 1.98. The van der Waals surface area contributed by atoms with Crippen LogP contribution in [0.2, 0.25) is 0 Å². The number of pyridine rings is 1. The largest absolute Gasteiger partial charge is 0.478 e. The van der Waals surface area contributed by atoms with E-state index in [1.54, 1.807) is 18.2 Å². The lowest BCUT2D eigenvalue weighted by Crippen LogP contribution is -2.29. The maximum Gasteiger partial charge on any atom is 0.417 e. The molecular weight excluding hydrogens is 413 g/mol. The molecule has 3 aromatic carbocycles. The molecule has 0 aliphatic rings. The zero-order chi connectivity index (χ0) is 22.1. The number of carbonyl (C=O) groups is 1. The standard InChI is InChI=1S/C22H11F3N2O4/c23-22(24,25)15-5-1-3-13-14-4-2-6-16-18(14)27(19(28)17(13)15)21(31)26(16)12-9-7-11(8-10-12)20(29)30/h1-10H,(H,29,30). The smallest absolute Gasteiger partial charge is 0.417 e. The SMILES string of the molecule is O=C(O)c1ccc(-n2c(=O)n3c(=O)c4c(C(F)(F)F)cccc4c4cccc2c43)cc1. The van der Waals surface area contributed by atoms with Gasteiger partial charge in [-0.2, -0.15) is 13.2 Å². The summed E-state index contributed by atoms with van der Waals surface area (Å²) in [6.45, 7) is 0. The molecule has 0 amide bonds. The lowest BCUT2D eigenvalue weighted by Gasteiger charge is -2.11. The number of halogens is 3. The van der Waals surface area contributed by atoms with Crippen LogP contribution in [0.5, 0.6) is 0 Å². The van der Waals surface area contributed by atoms with Crippen LogP contribution in [-0.2, 0) is 6.18 Å². The number of aromatic carboxylic acids is 1. The van der Waals surface area contributed by atoms with E-state index < -0.39 is 34.3 Å². The maximum atomic E-state index is 13.6. The van der Waals surface area contributed by atoms with E-state index in [2.05, 4.69) is 0 Å². The first-order chi connectivity index (χ1) is 14.7. The quantitative estimate of drug-likeness (QED) is 0.436. The Hall–Kier alpha value is -4.14. The number of aromatic nitrogens is 2. The zero-order valence-corrected chi connectivity index (χ0v) is 15.5. The van der Waals surface area contributed by atoms with Crippen LogP contribution in [0.3, 0.4) is 0 Å². The van der Waals surface area contributed by atoms with Crippen molar-refractivity contribution < 1.29 is 23.1 Å². The van der Waals surface area contributed by atoms with Crippen LogP contribution in [-0.4, -0.2) is 20.0 Å². The van der Waals surface area contributed by atoms with Gasteiger partial charge in [-0.05, 0) is 41.8 Å². The van der Waals surface area contributed by atoms with Gasteiger partial charge in [0, 0.05) is 5.39 Å². The van der Waals surface area contributed by atoms with Crippen LogP contribution in [0, 0.1) is 0 Å². The summed E-state index contributed by atoms with van der Waals surface area (Å²) in [7, 11) is 0. The molecule has 5 rings (SSSR count). The topological polar surface area (TPSA) is 80.8 Å².